The van der Waals surface area contributed by atoms with Crippen LogP contribution in [0.2, 0.25) is 0 Å². The highest BCUT2D eigenvalue weighted by molar-refractivity contribution is 5.58. The fourth-order valence-electron chi connectivity index (χ4n) is 1.93. The van der Waals surface area contributed by atoms with E-state index in [9.17, 15) is 0 Å². The van der Waals surface area contributed by atoms with E-state index in [-0.39, 0.29) is 0 Å². The molecule has 14 heavy (non-hydrogen) atoms. The van der Waals surface area contributed by atoms with Crippen molar-refractivity contribution in [3.8, 4) is 0 Å². The second-order valence-corrected chi connectivity index (χ2v) is 4.15. The number of hydrogen-bond acceptors (Lipinski definition) is 1. The van der Waals surface area contributed by atoms with Crippen LogP contribution in [0.1, 0.15) is 36.5 Å². The number of hydrogen-bond donors (Lipinski definition) is 0. The van der Waals surface area contributed by atoms with Crippen LogP contribution >= 0.6 is 0 Å². The van der Waals surface area contributed by atoms with Crippen LogP contribution in [0.5, 0.6) is 0 Å². The molecule has 2 rings (SSSR count). The van der Waals surface area contributed by atoms with Gasteiger partial charge in [-0.25, -0.2) is 4.52 Å². The molecule has 0 spiro atoms. The Morgan fingerprint density at radius 2 is 1.93 bits per heavy atom. The Labute approximate surface area is 84.6 Å². The van der Waals surface area contributed by atoms with Gasteiger partial charge in [0.05, 0.1) is 5.52 Å². The summed E-state index contributed by atoms with van der Waals surface area (Å²) < 4.78 is 1.97. The largest absolute Gasteiger partial charge is 0.240 e. The normalized spacial score (nSPS) is 11.5. The van der Waals surface area contributed by atoms with E-state index in [1.54, 1.807) is 0 Å². The van der Waals surface area contributed by atoms with Crippen molar-refractivity contribution < 1.29 is 0 Å². The van der Waals surface area contributed by atoms with Gasteiger partial charge in [-0.1, -0.05) is 13.8 Å². The Hall–Kier alpha value is -1.31. The zero-order valence-electron chi connectivity index (χ0n) is 9.20. The van der Waals surface area contributed by atoms with Crippen molar-refractivity contribution in [1.29, 1.82) is 0 Å². The molecule has 0 aliphatic carbocycles. The molecule has 0 saturated carbocycles. The van der Waals surface area contributed by atoms with Gasteiger partial charge in [0, 0.05) is 12.4 Å². The molecule has 2 heteroatoms. The molecular weight excluding hydrogens is 172 g/mol. The lowest BCUT2D eigenvalue weighted by molar-refractivity contribution is 0.821. The Bertz CT molecular complexity index is 466. The first-order chi connectivity index (χ1) is 6.61. The summed E-state index contributed by atoms with van der Waals surface area (Å²) in [5.74, 6) is 0.558. The number of pyridine rings is 1. The molecule has 0 fully saturated rings. The number of rotatable bonds is 1. The highest BCUT2D eigenvalue weighted by Crippen LogP contribution is 2.24. The summed E-state index contributed by atoms with van der Waals surface area (Å²) >= 11 is 0. The van der Waals surface area contributed by atoms with Gasteiger partial charge in [-0.3, -0.25) is 0 Å². The Morgan fingerprint density at radius 3 is 2.57 bits per heavy atom. The molecule has 2 heterocycles. The highest BCUT2D eigenvalue weighted by Gasteiger charge is 2.09. The third-order valence-corrected chi connectivity index (χ3v) is 2.93. The number of aromatic nitrogens is 2. The first kappa shape index (κ1) is 9.25. The van der Waals surface area contributed by atoms with E-state index in [2.05, 4.69) is 45.1 Å². The summed E-state index contributed by atoms with van der Waals surface area (Å²) in [6, 6.07) is 2.06. The molecule has 2 nitrogen and oxygen atoms in total. The lowest BCUT2D eigenvalue weighted by Gasteiger charge is -2.13. The number of nitrogens with zero attached hydrogens (tertiary/aromatic N) is 2. The lowest BCUT2D eigenvalue weighted by atomic mass is 9.97. The zero-order chi connectivity index (χ0) is 10.3. The molecule has 74 valence electrons. The fraction of sp³-hybridized carbons (Fsp3) is 0.417. The van der Waals surface area contributed by atoms with Gasteiger partial charge < -0.3 is 0 Å². The molecule has 0 unspecified atom stereocenters. The molecular formula is C12H16N2. The molecule has 0 N–H and O–H groups in total. The van der Waals surface area contributed by atoms with E-state index in [0.29, 0.717) is 5.92 Å². The maximum atomic E-state index is 4.28. The van der Waals surface area contributed by atoms with E-state index in [4.69, 9.17) is 0 Å². The first-order valence-corrected chi connectivity index (χ1v) is 5.04. The molecule has 0 aliphatic rings. The fourth-order valence-corrected chi connectivity index (χ4v) is 1.93. The average Bonchev–Trinajstić information content (AvgIpc) is 2.58. The van der Waals surface area contributed by atoms with Crippen molar-refractivity contribution >= 4 is 5.52 Å². The minimum atomic E-state index is 0.558. The molecule has 0 atom stereocenters. The van der Waals surface area contributed by atoms with Crippen LogP contribution in [0, 0.1) is 13.8 Å². The van der Waals surface area contributed by atoms with Gasteiger partial charge in [-0.05, 0) is 42.5 Å². The number of fused-ring (bicyclic) bond motifs is 1. The van der Waals surface area contributed by atoms with Crippen molar-refractivity contribution in [3.05, 3.63) is 35.2 Å². The maximum Gasteiger partial charge on any atom is 0.0693 e. The molecule has 2 aromatic heterocycles. The third-order valence-electron chi connectivity index (χ3n) is 2.93. The monoisotopic (exact) mass is 188 g/mol. The Morgan fingerprint density at radius 1 is 1.21 bits per heavy atom. The third kappa shape index (κ3) is 1.22. The minimum absolute atomic E-state index is 0.558. The molecule has 0 aliphatic heterocycles. The zero-order valence-corrected chi connectivity index (χ0v) is 9.20. The highest BCUT2D eigenvalue weighted by atomic mass is 15.2. The smallest absolute Gasteiger partial charge is 0.0693 e. The summed E-state index contributed by atoms with van der Waals surface area (Å²) in [5, 5.41) is 4.28. The molecule has 0 aromatic carbocycles. The number of aryl methyl sites for hydroxylation is 1. The topological polar surface area (TPSA) is 17.3 Å². The van der Waals surface area contributed by atoms with Crippen molar-refractivity contribution in [2.24, 2.45) is 0 Å². The average molecular weight is 188 g/mol. The quantitative estimate of drug-likeness (QED) is 0.672. The minimum Gasteiger partial charge on any atom is -0.240 e. The van der Waals surface area contributed by atoms with Gasteiger partial charge in [0.2, 0.25) is 0 Å². The van der Waals surface area contributed by atoms with Crippen molar-refractivity contribution in [3.63, 3.8) is 0 Å². The lowest BCUT2D eigenvalue weighted by Crippen LogP contribution is -2.00. The SMILES string of the molecule is Cc1c(C(C)C)cn2nccc2c1C. The van der Waals surface area contributed by atoms with Crippen molar-refractivity contribution in [2.75, 3.05) is 0 Å². The standard InChI is InChI=1S/C12H16N2/c1-8(2)11-7-14-12(5-6-13-14)10(4)9(11)3/h5-8H,1-4H3. The van der Waals surface area contributed by atoms with E-state index in [1.165, 1.54) is 22.2 Å². The van der Waals surface area contributed by atoms with E-state index < -0.39 is 0 Å². The van der Waals surface area contributed by atoms with Gasteiger partial charge in [0.25, 0.3) is 0 Å². The second-order valence-electron chi connectivity index (χ2n) is 4.15. The van der Waals surface area contributed by atoms with Crippen LogP contribution in [0.4, 0.5) is 0 Å². The Kier molecular flexibility index (Phi) is 2.06. The van der Waals surface area contributed by atoms with Crippen molar-refractivity contribution in [2.45, 2.75) is 33.6 Å². The molecule has 0 amide bonds. The van der Waals surface area contributed by atoms with Gasteiger partial charge in [-0.15, -0.1) is 0 Å². The summed E-state index contributed by atoms with van der Waals surface area (Å²) in [6.07, 6.45) is 3.99. The van der Waals surface area contributed by atoms with Crippen LogP contribution < -0.4 is 0 Å². The van der Waals surface area contributed by atoms with E-state index in [1.807, 2.05) is 10.7 Å². The van der Waals surface area contributed by atoms with E-state index in [0.717, 1.165) is 0 Å². The predicted octanol–water partition coefficient (Wildman–Crippen LogP) is 3.07. The van der Waals surface area contributed by atoms with Gasteiger partial charge >= 0.3 is 0 Å². The summed E-state index contributed by atoms with van der Waals surface area (Å²) in [7, 11) is 0. The van der Waals surface area contributed by atoms with Crippen LogP contribution in [0.25, 0.3) is 5.52 Å². The summed E-state index contributed by atoms with van der Waals surface area (Å²) in [4.78, 5) is 0. The van der Waals surface area contributed by atoms with Crippen molar-refractivity contribution in [1.82, 2.24) is 9.61 Å². The first-order valence-electron chi connectivity index (χ1n) is 5.04. The van der Waals surface area contributed by atoms with Gasteiger partial charge in [0.15, 0.2) is 0 Å². The molecule has 2 aromatic rings. The van der Waals surface area contributed by atoms with Crippen LogP contribution in [0.3, 0.4) is 0 Å². The second kappa shape index (κ2) is 3.12. The molecule has 0 radical (unpaired) electrons. The Balaban J connectivity index is 2.80. The van der Waals surface area contributed by atoms with Crippen LogP contribution in [-0.2, 0) is 0 Å². The van der Waals surface area contributed by atoms with Gasteiger partial charge in [-0.2, -0.15) is 5.10 Å². The predicted molar refractivity (Wildman–Crippen MR) is 58.8 cm³/mol. The molecule has 0 bridgehead atoms. The van der Waals surface area contributed by atoms with E-state index >= 15 is 0 Å². The van der Waals surface area contributed by atoms with Crippen LogP contribution in [0.15, 0.2) is 18.5 Å². The summed E-state index contributed by atoms with van der Waals surface area (Å²) in [6.45, 7) is 8.80. The molecule has 0 saturated heterocycles. The van der Waals surface area contributed by atoms with Gasteiger partial charge in [0.1, 0.15) is 0 Å². The maximum absolute atomic E-state index is 4.28. The summed E-state index contributed by atoms with van der Waals surface area (Å²) in [5.41, 5.74) is 5.34. The van der Waals surface area contributed by atoms with Crippen LogP contribution in [-0.4, -0.2) is 9.61 Å².